The van der Waals surface area contributed by atoms with E-state index >= 15 is 0 Å². The lowest BCUT2D eigenvalue weighted by Crippen LogP contribution is -2.49. The number of aliphatic hydroxyl groups excluding tert-OH is 1. The lowest BCUT2D eigenvalue weighted by Gasteiger charge is -2.36. The summed E-state index contributed by atoms with van der Waals surface area (Å²) in [6.45, 7) is 10.8. The molecule has 4 aromatic rings. The van der Waals surface area contributed by atoms with Crippen LogP contribution in [-0.4, -0.2) is 76.7 Å². The molecule has 1 fully saturated rings. The molecule has 4 heterocycles. The fourth-order valence-corrected chi connectivity index (χ4v) is 6.48. The quantitative estimate of drug-likeness (QED) is 0.326. The van der Waals surface area contributed by atoms with Crippen LogP contribution in [0.15, 0.2) is 64.5 Å². The van der Waals surface area contributed by atoms with E-state index in [-0.39, 0.29) is 12.3 Å². The topological polar surface area (TPSA) is 97.3 Å². The molecule has 0 aliphatic carbocycles. The smallest absolute Gasteiger partial charge is 0.329 e. The fourth-order valence-electron chi connectivity index (χ4n) is 6.48. The Morgan fingerprint density at radius 2 is 1.73 bits per heavy atom. The first kappa shape index (κ1) is 30.6. The first-order chi connectivity index (χ1) is 21.7. The van der Waals surface area contributed by atoms with Crippen molar-refractivity contribution in [1.82, 2.24) is 19.0 Å². The molecule has 1 saturated heterocycles. The summed E-state index contributed by atoms with van der Waals surface area (Å²) in [5.74, 6) is 2.13. The lowest BCUT2D eigenvalue weighted by atomic mass is 9.97. The second kappa shape index (κ2) is 12.9. The van der Waals surface area contributed by atoms with Crippen LogP contribution in [0.25, 0.3) is 11.3 Å². The van der Waals surface area contributed by atoms with Crippen LogP contribution in [0.5, 0.6) is 11.5 Å². The van der Waals surface area contributed by atoms with Gasteiger partial charge in [-0.15, -0.1) is 0 Å². The summed E-state index contributed by atoms with van der Waals surface area (Å²) in [6.07, 6.45) is 1.83. The molecule has 0 bridgehead atoms. The monoisotopic (exact) mass is 610 g/mol. The zero-order valence-electron chi connectivity index (χ0n) is 26.8. The van der Waals surface area contributed by atoms with Gasteiger partial charge in [0.1, 0.15) is 24.0 Å². The number of rotatable bonds is 8. The number of hydrogen-bond donors (Lipinski definition) is 1. The maximum atomic E-state index is 13.5. The first-order valence-corrected chi connectivity index (χ1v) is 15.6. The highest BCUT2D eigenvalue weighted by molar-refractivity contribution is 5.70. The fraction of sp³-hybridized carbons (Fsp3) is 0.400. The third-order valence-corrected chi connectivity index (χ3v) is 8.80. The van der Waals surface area contributed by atoms with E-state index in [1.165, 1.54) is 5.56 Å². The average Bonchev–Trinajstić information content (AvgIpc) is 3.04. The minimum absolute atomic E-state index is 0.115. The molecule has 2 aromatic heterocycles. The molecule has 0 saturated carbocycles. The normalized spacial score (nSPS) is 15.9. The van der Waals surface area contributed by atoms with E-state index in [0.29, 0.717) is 36.5 Å². The Bertz CT molecular complexity index is 1800. The molecule has 0 spiro atoms. The summed E-state index contributed by atoms with van der Waals surface area (Å²) in [4.78, 5) is 27.5. The van der Waals surface area contributed by atoms with E-state index in [4.69, 9.17) is 14.5 Å². The molecule has 10 heteroatoms. The van der Waals surface area contributed by atoms with Gasteiger partial charge in [-0.1, -0.05) is 23.8 Å². The maximum Gasteiger partial charge on any atom is 0.329 e. The molecule has 2 aromatic carbocycles. The van der Waals surface area contributed by atoms with Crippen molar-refractivity contribution in [3.05, 3.63) is 93.0 Å². The minimum Gasteiger partial charge on any atom is -0.493 e. The molecule has 1 N–H and O–H groups in total. The number of aliphatic hydroxyl groups is 1. The van der Waals surface area contributed by atoms with Crippen molar-refractivity contribution in [3.8, 4) is 22.8 Å². The Morgan fingerprint density at radius 3 is 2.42 bits per heavy atom. The predicted octanol–water partition coefficient (Wildman–Crippen LogP) is 3.53. The van der Waals surface area contributed by atoms with Gasteiger partial charge >= 0.3 is 5.69 Å². The summed E-state index contributed by atoms with van der Waals surface area (Å²) < 4.78 is 15.3. The number of fused-ring (bicyclic) bond motifs is 3. The Labute approximate surface area is 263 Å². The second-order valence-corrected chi connectivity index (χ2v) is 12.1. The number of methoxy groups -OCH3 is 1. The van der Waals surface area contributed by atoms with Gasteiger partial charge in [0.15, 0.2) is 11.5 Å². The number of aryl methyl sites for hydroxylation is 4. The van der Waals surface area contributed by atoms with Crippen molar-refractivity contribution in [2.24, 2.45) is 12.0 Å². The predicted molar refractivity (Wildman–Crippen MR) is 176 cm³/mol. The van der Waals surface area contributed by atoms with Crippen molar-refractivity contribution in [3.63, 3.8) is 0 Å². The molecule has 45 heavy (non-hydrogen) atoms. The summed E-state index contributed by atoms with van der Waals surface area (Å²) in [7, 11) is 3.39. The number of pyridine rings is 1. The molecule has 2 aliphatic rings. The summed E-state index contributed by atoms with van der Waals surface area (Å²) >= 11 is 0. The van der Waals surface area contributed by atoms with Crippen LogP contribution >= 0.6 is 0 Å². The van der Waals surface area contributed by atoms with E-state index in [1.54, 1.807) is 23.3 Å². The standard InChI is InChI=1S/C35H42N6O4/c1-23-16-24(2)34(25(3)17-23)37-33-20-29-28-19-31(30(44-5)18-26(28)9-11-41(29)35(43)38(33)4)45-22-27(42)21-39-12-14-40(15-13-39)32-8-6-7-10-36-32/h6-8,10,16-20,27,42H,9,11-15,21-22H2,1-5H3. The van der Waals surface area contributed by atoms with Crippen LogP contribution in [0.4, 0.5) is 11.5 Å². The number of piperazine rings is 1. The number of benzene rings is 2. The van der Waals surface area contributed by atoms with E-state index < -0.39 is 6.10 Å². The largest absolute Gasteiger partial charge is 0.493 e. The van der Waals surface area contributed by atoms with Crippen LogP contribution < -0.4 is 25.6 Å². The van der Waals surface area contributed by atoms with E-state index in [1.807, 2.05) is 56.4 Å². The minimum atomic E-state index is -0.674. The van der Waals surface area contributed by atoms with Crippen molar-refractivity contribution in [2.75, 3.05) is 51.3 Å². The van der Waals surface area contributed by atoms with Gasteiger partial charge in [-0.25, -0.2) is 14.8 Å². The van der Waals surface area contributed by atoms with Crippen molar-refractivity contribution in [1.29, 1.82) is 0 Å². The highest BCUT2D eigenvalue weighted by Gasteiger charge is 2.24. The third-order valence-electron chi connectivity index (χ3n) is 8.80. The first-order valence-electron chi connectivity index (χ1n) is 15.6. The van der Waals surface area contributed by atoms with Gasteiger partial charge in [-0.05, 0) is 68.1 Å². The number of nitrogens with zero attached hydrogens (tertiary/aromatic N) is 6. The molecular weight excluding hydrogens is 568 g/mol. The van der Waals surface area contributed by atoms with Crippen LogP contribution in [0.3, 0.4) is 0 Å². The number of hydrogen-bond acceptors (Lipinski definition) is 8. The van der Waals surface area contributed by atoms with Gasteiger partial charge in [-0.3, -0.25) is 14.0 Å². The SMILES string of the molecule is COc1cc2c(cc1OCC(O)CN1CCN(c3ccccn3)CC1)-c1cc(=Nc3c(C)cc(C)cc3C)n(C)c(=O)n1CC2. The molecule has 1 atom stereocenters. The van der Waals surface area contributed by atoms with Gasteiger partial charge in [0.05, 0.1) is 18.5 Å². The average molecular weight is 611 g/mol. The van der Waals surface area contributed by atoms with Crippen LogP contribution in [-0.2, 0) is 20.0 Å². The zero-order chi connectivity index (χ0) is 31.7. The Morgan fingerprint density at radius 1 is 0.978 bits per heavy atom. The van der Waals surface area contributed by atoms with Gasteiger partial charge < -0.3 is 19.5 Å². The number of ether oxygens (including phenoxy) is 2. The van der Waals surface area contributed by atoms with Crippen molar-refractivity contribution in [2.45, 2.75) is 39.8 Å². The Hall–Kier alpha value is -4.41. The van der Waals surface area contributed by atoms with Crippen molar-refractivity contribution >= 4 is 11.5 Å². The molecular formula is C35H42N6O4. The molecule has 236 valence electrons. The lowest BCUT2D eigenvalue weighted by molar-refractivity contribution is 0.0653. The van der Waals surface area contributed by atoms with Gasteiger partial charge in [0.2, 0.25) is 0 Å². The van der Waals surface area contributed by atoms with Crippen LogP contribution in [0.1, 0.15) is 22.3 Å². The molecule has 0 radical (unpaired) electrons. The van der Waals surface area contributed by atoms with Crippen LogP contribution in [0.2, 0.25) is 0 Å². The Balaban J connectivity index is 1.22. The number of aromatic nitrogens is 3. The summed E-state index contributed by atoms with van der Waals surface area (Å²) in [6, 6.07) is 16.1. The second-order valence-electron chi connectivity index (χ2n) is 12.1. The van der Waals surface area contributed by atoms with Crippen LogP contribution in [0, 0.1) is 20.8 Å². The molecule has 10 nitrogen and oxygen atoms in total. The van der Waals surface area contributed by atoms with E-state index in [9.17, 15) is 9.90 Å². The van der Waals surface area contributed by atoms with Gasteiger partial charge in [0.25, 0.3) is 0 Å². The zero-order valence-corrected chi connectivity index (χ0v) is 26.8. The van der Waals surface area contributed by atoms with E-state index in [0.717, 1.165) is 65.6 Å². The molecule has 6 rings (SSSR count). The Kier molecular flexibility index (Phi) is 8.78. The van der Waals surface area contributed by atoms with E-state index in [2.05, 4.69) is 33.8 Å². The van der Waals surface area contributed by atoms with Gasteiger partial charge in [-0.2, -0.15) is 0 Å². The third kappa shape index (κ3) is 6.39. The maximum absolute atomic E-state index is 13.5. The van der Waals surface area contributed by atoms with Crippen molar-refractivity contribution < 1.29 is 14.6 Å². The molecule has 0 amide bonds. The summed E-state index contributed by atoms with van der Waals surface area (Å²) in [5, 5.41) is 10.9. The highest BCUT2D eigenvalue weighted by atomic mass is 16.5. The van der Waals surface area contributed by atoms with Gasteiger partial charge in [0, 0.05) is 64.1 Å². The molecule has 2 aliphatic heterocycles. The highest BCUT2D eigenvalue weighted by Crippen LogP contribution is 2.38. The summed E-state index contributed by atoms with van der Waals surface area (Å²) in [5.41, 5.74) is 7.45. The number of anilines is 1. The molecule has 1 unspecified atom stereocenters. The number of β-amino-alcohol motifs (C(OH)–C–C–N with tert-alkyl or cyclic N) is 1.